The van der Waals surface area contributed by atoms with E-state index in [4.69, 9.17) is 4.74 Å². The molecule has 0 bridgehead atoms. The lowest BCUT2D eigenvalue weighted by atomic mass is 10.1. The van der Waals surface area contributed by atoms with E-state index in [-0.39, 0.29) is 11.8 Å². The number of amides is 2. The fraction of sp³-hybridized carbons (Fsp3) is 0.158. The van der Waals surface area contributed by atoms with E-state index in [1.807, 2.05) is 31.2 Å². The zero-order valence-electron chi connectivity index (χ0n) is 13.9. The van der Waals surface area contributed by atoms with Gasteiger partial charge in [0.2, 0.25) is 11.8 Å². The molecule has 0 saturated carbocycles. The molecule has 5 nitrogen and oxygen atoms in total. The van der Waals surface area contributed by atoms with Crippen LogP contribution in [0.25, 0.3) is 6.08 Å². The summed E-state index contributed by atoms with van der Waals surface area (Å²) in [6.07, 6.45) is 3.18. The van der Waals surface area contributed by atoms with Gasteiger partial charge in [-0.3, -0.25) is 9.59 Å². The SMILES string of the molecule is COc1ccc(NC(C)=O)c(NC(=O)/C=C/c2ccc(C)cc2)c1. The second-order valence-corrected chi connectivity index (χ2v) is 5.33. The van der Waals surface area contributed by atoms with Crippen LogP contribution in [-0.2, 0) is 9.59 Å². The van der Waals surface area contributed by atoms with Crippen molar-refractivity contribution >= 4 is 29.3 Å². The van der Waals surface area contributed by atoms with Gasteiger partial charge in [-0.2, -0.15) is 0 Å². The van der Waals surface area contributed by atoms with Crippen molar-refractivity contribution in [2.45, 2.75) is 13.8 Å². The van der Waals surface area contributed by atoms with Gasteiger partial charge in [0.1, 0.15) is 5.75 Å². The summed E-state index contributed by atoms with van der Waals surface area (Å²) in [6, 6.07) is 12.9. The first-order valence-corrected chi connectivity index (χ1v) is 7.49. The fourth-order valence-corrected chi connectivity index (χ4v) is 2.08. The summed E-state index contributed by atoms with van der Waals surface area (Å²) in [5.74, 6) is 0.0724. The quantitative estimate of drug-likeness (QED) is 0.826. The van der Waals surface area contributed by atoms with Gasteiger partial charge < -0.3 is 15.4 Å². The number of anilines is 2. The molecule has 2 aromatic rings. The molecular formula is C19H20N2O3. The topological polar surface area (TPSA) is 67.4 Å². The third-order valence-corrected chi connectivity index (χ3v) is 3.30. The van der Waals surface area contributed by atoms with Crippen LogP contribution in [0.2, 0.25) is 0 Å². The highest BCUT2D eigenvalue weighted by atomic mass is 16.5. The Morgan fingerprint density at radius 1 is 1.00 bits per heavy atom. The summed E-state index contributed by atoms with van der Waals surface area (Å²) >= 11 is 0. The van der Waals surface area contributed by atoms with Crippen molar-refractivity contribution < 1.29 is 14.3 Å². The number of benzene rings is 2. The average molecular weight is 324 g/mol. The van der Waals surface area contributed by atoms with Gasteiger partial charge in [-0.25, -0.2) is 0 Å². The number of aryl methyl sites for hydroxylation is 1. The van der Waals surface area contributed by atoms with Crippen LogP contribution in [0.1, 0.15) is 18.1 Å². The Balaban J connectivity index is 2.14. The number of hydrogen-bond acceptors (Lipinski definition) is 3. The van der Waals surface area contributed by atoms with Crippen LogP contribution in [0.3, 0.4) is 0 Å². The average Bonchev–Trinajstić information content (AvgIpc) is 2.55. The van der Waals surface area contributed by atoms with Crippen molar-refractivity contribution in [3.63, 3.8) is 0 Å². The minimum Gasteiger partial charge on any atom is -0.497 e. The van der Waals surface area contributed by atoms with E-state index in [2.05, 4.69) is 10.6 Å². The Labute approximate surface area is 141 Å². The second kappa shape index (κ2) is 7.97. The van der Waals surface area contributed by atoms with E-state index < -0.39 is 0 Å². The molecule has 0 radical (unpaired) electrons. The van der Waals surface area contributed by atoms with E-state index >= 15 is 0 Å². The summed E-state index contributed by atoms with van der Waals surface area (Å²) in [7, 11) is 1.54. The summed E-state index contributed by atoms with van der Waals surface area (Å²) in [4.78, 5) is 23.4. The molecule has 0 aliphatic rings. The first-order valence-electron chi connectivity index (χ1n) is 7.49. The molecule has 2 amide bonds. The van der Waals surface area contributed by atoms with Crippen molar-refractivity contribution in [3.05, 3.63) is 59.7 Å². The minimum absolute atomic E-state index is 0.217. The van der Waals surface area contributed by atoms with Crippen molar-refractivity contribution in [1.82, 2.24) is 0 Å². The Hall–Kier alpha value is -3.08. The zero-order valence-corrected chi connectivity index (χ0v) is 13.9. The molecule has 2 N–H and O–H groups in total. The van der Waals surface area contributed by atoms with E-state index in [9.17, 15) is 9.59 Å². The van der Waals surface area contributed by atoms with E-state index in [1.165, 1.54) is 20.1 Å². The number of rotatable bonds is 5. The number of carbonyl (C=O) groups is 2. The van der Waals surface area contributed by atoms with Crippen molar-refractivity contribution in [2.24, 2.45) is 0 Å². The first-order chi connectivity index (χ1) is 11.5. The van der Waals surface area contributed by atoms with Gasteiger partial charge >= 0.3 is 0 Å². The number of ether oxygens (including phenoxy) is 1. The van der Waals surface area contributed by atoms with Gasteiger partial charge in [-0.15, -0.1) is 0 Å². The summed E-state index contributed by atoms with van der Waals surface area (Å²) in [5, 5.41) is 5.43. The van der Waals surface area contributed by atoms with E-state index in [0.29, 0.717) is 17.1 Å². The lowest BCUT2D eigenvalue weighted by Crippen LogP contribution is -2.13. The molecule has 0 aromatic heterocycles. The molecule has 0 unspecified atom stereocenters. The maximum absolute atomic E-state index is 12.1. The first kappa shape index (κ1) is 17.3. The smallest absolute Gasteiger partial charge is 0.248 e. The molecular weight excluding hydrogens is 304 g/mol. The molecule has 124 valence electrons. The van der Waals surface area contributed by atoms with Crippen LogP contribution in [0.4, 0.5) is 11.4 Å². The molecule has 0 atom stereocenters. The van der Waals surface area contributed by atoms with Crippen LogP contribution < -0.4 is 15.4 Å². The van der Waals surface area contributed by atoms with Crippen molar-refractivity contribution in [3.8, 4) is 5.75 Å². The van der Waals surface area contributed by atoms with Gasteiger partial charge in [-0.05, 0) is 30.7 Å². The Kier molecular flexibility index (Phi) is 5.73. The Morgan fingerprint density at radius 2 is 1.71 bits per heavy atom. The van der Waals surface area contributed by atoms with Gasteiger partial charge in [0.25, 0.3) is 0 Å². The van der Waals surface area contributed by atoms with Crippen LogP contribution in [0.5, 0.6) is 5.75 Å². The molecule has 0 heterocycles. The molecule has 0 fully saturated rings. The van der Waals surface area contributed by atoms with Crippen molar-refractivity contribution in [1.29, 1.82) is 0 Å². The molecule has 24 heavy (non-hydrogen) atoms. The predicted molar refractivity (Wildman–Crippen MR) is 96.1 cm³/mol. The van der Waals surface area contributed by atoms with Gasteiger partial charge in [-0.1, -0.05) is 29.8 Å². The molecule has 2 aromatic carbocycles. The minimum atomic E-state index is -0.296. The predicted octanol–water partition coefficient (Wildman–Crippen LogP) is 3.61. The monoisotopic (exact) mass is 324 g/mol. The number of carbonyl (C=O) groups excluding carboxylic acids is 2. The maximum Gasteiger partial charge on any atom is 0.248 e. The fourth-order valence-electron chi connectivity index (χ4n) is 2.08. The molecule has 0 spiro atoms. The van der Waals surface area contributed by atoms with Crippen molar-refractivity contribution in [2.75, 3.05) is 17.7 Å². The van der Waals surface area contributed by atoms with Crippen LogP contribution in [0.15, 0.2) is 48.5 Å². The van der Waals surface area contributed by atoms with E-state index in [1.54, 1.807) is 24.3 Å². The largest absolute Gasteiger partial charge is 0.497 e. The van der Waals surface area contributed by atoms with Gasteiger partial charge in [0.15, 0.2) is 0 Å². The molecule has 0 aliphatic carbocycles. The lowest BCUT2D eigenvalue weighted by molar-refractivity contribution is -0.114. The van der Waals surface area contributed by atoms with Gasteiger partial charge in [0, 0.05) is 19.1 Å². The Morgan fingerprint density at radius 3 is 2.33 bits per heavy atom. The number of methoxy groups -OCH3 is 1. The highest BCUT2D eigenvalue weighted by Gasteiger charge is 2.08. The third-order valence-electron chi connectivity index (χ3n) is 3.30. The number of hydrogen-bond donors (Lipinski definition) is 2. The highest BCUT2D eigenvalue weighted by molar-refractivity contribution is 6.05. The number of nitrogens with one attached hydrogen (secondary N) is 2. The maximum atomic E-state index is 12.1. The molecule has 2 rings (SSSR count). The normalized spacial score (nSPS) is 10.5. The standard InChI is InChI=1S/C19H20N2O3/c1-13-4-6-15(7-5-13)8-11-19(23)21-18-12-16(24-3)9-10-17(18)20-14(2)22/h4-12H,1-3H3,(H,20,22)(H,21,23)/b11-8+. The molecule has 0 saturated heterocycles. The van der Waals surface area contributed by atoms with E-state index in [0.717, 1.165) is 11.1 Å². The second-order valence-electron chi connectivity index (χ2n) is 5.33. The summed E-state index contributed by atoms with van der Waals surface area (Å²) in [5.41, 5.74) is 3.08. The highest BCUT2D eigenvalue weighted by Crippen LogP contribution is 2.27. The summed E-state index contributed by atoms with van der Waals surface area (Å²) in [6.45, 7) is 3.42. The summed E-state index contributed by atoms with van der Waals surface area (Å²) < 4.78 is 5.15. The van der Waals surface area contributed by atoms with Gasteiger partial charge in [0.05, 0.1) is 18.5 Å². The zero-order chi connectivity index (χ0) is 17.5. The van der Waals surface area contributed by atoms with Crippen LogP contribution in [0, 0.1) is 6.92 Å². The van der Waals surface area contributed by atoms with Crippen LogP contribution in [-0.4, -0.2) is 18.9 Å². The Bertz CT molecular complexity index is 765. The van der Waals surface area contributed by atoms with Crippen LogP contribution >= 0.6 is 0 Å². The molecule has 0 aliphatic heterocycles. The third kappa shape index (κ3) is 4.98. The lowest BCUT2D eigenvalue weighted by Gasteiger charge is -2.12. The molecule has 5 heteroatoms.